The fraction of sp³-hybridized carbons (Fsp3) is 0.375. The first-order chi connectivity index (χ1) is 10.7. The Morgan fingerprint density at radius 3 is 2.45 bits per heavy atom. The maximum absolute atomic E-state index is 14.5. The number of benzene rings is 1. The van der Waals surface area contributed by atoms with Gasteiger partial charge in [-0.25, -0.2) is 8.78 Å². The Balaban J connectivity index is 2.06. The number of hydrogen-bond acceptors (Lipinski definition) is 4. The van der Waals surface area contributed by atoms with Crippen molar-refractivity contribution in [1.82, 2.24) is 10.2 Å². The van der Waals surface area contributed by atoms with Crippen LogP contribution in [0.5, 0.6) is 5.75 Å². The molecule has 1 N–H and O–H groups in total. The normalized spacial score (nSPS) is 17.4. The molecule has 6 heteroatoms. The fourth-order valence-electron chi connectivity index (χ4n) is 2.83. The van der Waals surface area contributed by atoms with Gasteiger partial charge in [0, 0.05) is 48.8 Å². The van der Waals surface area contributed by atoms with E-state index in [1.54, 1.807) is 0 Å². The third kappa shape index (κ3) is 2.99. The molecule has 0 radical (unpaired) electrons. The van der Waals surface area contributed by atoms with Gasteiger partial charge < -0.3 is 10.1 Å². The largest absolute Gasteiger partial charge is 0.497 e. The number of thiophene rings is 1. The Morgan fingerprint density at radius 1 is 1.23 bits per heavy atom. The molecule has 118 valence electrons. The molecule has 2 aromatic rings. The highest BCUT2D eigenvalue weighted by Crippen LogP contribution is 2.36. The van der Waals surface area contributed by atoms with Crippen molar-refractivity contribution in [3.63, 3.8) is 0 Å². The zero-order valence-electron chi connectivity index (χ0n) is 12.3. The average Bonchev–Trinajstić information content (AvgIpc) is 3.05. The fourth-order valence-corrected chi connectivity index (χ4v) is 3.70. The number of rotatable bonds is 4. The van der Waals surface area contributed by atoms with Gasteiger partial charge in [-0.15, -0.1) is 11.3 Å². The maximum Gasteiger partial charge on any atom is 0.134 e. The second-order valence-electron chi connectivity index (χ2n) is 5.21. The summed E-state index contributed by atoms with van der Waals surface area (Å²) in [5.41, 5.74) is 0.102. The van der Waals surface area contributed by atoms with E-state index in [4.69, 9.17) is 4.74 Å². The van der Waals surface area contributed by atoms with Crippen molar-refractivity contribution in [3.05, 3.63) is 51.7 Å². The summed E-state index contributed by atoms with van der Waals surface area (Å²) < 4.78 is 34.0. The van der Waals surface area contributed by atoms with E-state index in [1.807, 2.05) is 17.5 Å². The number of hydrogen-bond donors (Lipinski definition) is 1. The first-order valence-corrected chi connectivity index (χ1v) is 8.09. The Kier molecular flexibility index (Phi) is 4.71. The van der Waals surface area contributed by atoms with E-state index in [0.29, 0.717) is 0 Å². The van der Waals surface area contributed by atoms with Gasteiger partial charge in [0.15, 0.2) is 0 Å². The minimum Gasteiger partial charge on any atom is -0.497 e. The minimum atomic E-state index is -0.561. The van der Waals surface area contributed by atoms with Crippen molar-refractivity contribution in [1.29, 1.82) is 0 Å². The van der Waals surface area contributed by atoms with Gasteiger partial charge in [-0.2, -0.15) is 0 Å². The SMILES string of the molecule is COc1cc(F)c([C@H](c2cccs2)N2CCNCC2)c(F)c1. The van der Waals surface area contributed by atoms with Crippen molar-refractivity contribution in [2.45, 2.75) is 6.04 Å². The Hall–Kier alpha value is -1.50. The molecule has 1 aromatic heterocycles. The van der Waals surface area contributed by atoms with Crippen LogP contribution in [0, 0.1) is 11.6 Å². The van der Waals surface area contributed by atoms with E-state index in [0.717, 1.165) is 31.1 Å². The molecule has 0 spiro atoms. The third-order valence-corrected chi connectivity index (χ3v) is 4.82. The molecule has 0 aliphatic carbocycles. The summed E-state index contributed by atoms with van der Waals surface area (Å²) in [6, 6.07) is 5.95. The monoisotopic (exact) mass is 324 g/mol. The van der Waals surface area contributed by atoms with Crippen molar-refractivity contribution >= 4 is 11.3 Å². The second kappa shape index (κ2) is 6.73. The van der Waals surface area contributed by atoms with Gasteiger partial charge in [0.1, 0.15) is 17.4 Å². The average molecular weight is 324 g/mol. The van der Waals surface area contributed by atoms with E-state index < -0.39 is 17.7 Å². The van der Waals surface area contributed by atoms with Crippen LogP contribution in [0.25, 0.3) is 0 Å². The summed E-state index contributed by atoms with van der Waals surface area (Å²) in [7, 11) is 1.40. The minimum absolute atomic E-state index is 0.102. The van der Waals surface area contributed by atoms with Crippen LogP contribution < -0.4 is 10.1 Å². The molecular formula is C16H18F2N2OS. The zero-order chi connectivity index (χ0) is 15.5. The van der Waals surface area contributed by atoms with E-state index in [2.05, 4.69) is 10.2 Å². The number of nitrogens with one attached hydrogen (secondary N) is 1. The summed E-state index contributed by atoms with van der Waals surface area (Å²) in [6.07, 6.45) is 0. The third-order valence-electron chi connectivity index (χ3n) is 3.89. The molecule has 1 aliphatic rings. The predicted octanol–water partition coefficient (Wildman–Crippen LogP) is 3.03. The van der Waals surface area contributed by atoms with Crippen molar-refractivity contribution in [2.24, 2.45) is 0 Å². The summed E-state index contributed by atoms with van der Waals surface area (Å²) in [6.45, 7) is 3.16. The van der Waals surface area contributed by atoms with E-state index in [9.17, 15) is 8.78 Å². The molecule has 0 saturated carbocycles. The van der Waals surface area contributed by atoms with Gasteiger partial charge in [-0.1, -0.05) is 6.07 Å². The van der Waals surface area contributed by atoms with Crippen LogP contribution in [-0.2, 0) is 0 Å². The van der Waals surface area contributed by atoms with Gasteiger partial charge in [0.25, 0.3) is 0 Å². The number of piperazine rings is 1. The van der Waals surface area contributed by atoms with Crippen LogP contribution in [0.3, 0.4) is 0 Å². The van der Waals surface area contributed by atoms with E-state index in [1.165, 1.54) is 30.6 Å². The number of methoxy groups -OCH3 is 1. The quantitative estimate of drug-likeness (QED) is 0.936. The standard InChI is InChI=1S/C16H18F2N2OS/c1-21-11-9-12(17)15(13(18)10-11)16(14-3-2-8-22-14)20-6-4-19-5-7-20/h2-3,8-10,16,19H,4-7H2,1H3/t16-/m0/s1. The first-order valence-electron chi connectivity index (χ1n) is 7.22. The molecule has 0 amide bonds. The van der Waals surface area contributed by atoms with Crippen LogP contribution in [-0.4, -0.2) is 38.2 Å². The number of ether oxygens (including phenoxy) is 1. The van der Waals surface area contributed by atoms with E-state index in [-0.39, 0.29) is 11.3 Å². The van der Waals surface area contributed by atoms with Gasteiger partial charge in [-0.3, -0.25) is 4.90 Å². The van der Waals surface area contributed by atoms with Crippen molar-refractivity contribution in [3.8, 4) is 5.75 Å². The summed E-state index contributed by atoms with van der Waals surface area (Å²) in [5, 5.41) is 5.20. The molecular weight excluding hydrogens is 306 g/mol. The number of nitrogens with zero attached hydrogens (tertiary/aromatic N) is 1. The molecule has 1 saturated heterocycles. The molecule has 1 atom stereocenters. The zero-order valence-corrected chi connectivity index (χ0v) is 13.1. The summed E-state index contributed by atoms with van der Waals surface area (Å²) in [4.78, 5) is 3.07. The topological polar surface area (TPSA) is 24.5 Å². The lowest BCUT2D eigenvalue weighted by atomic mass is 10.0. The molecule has 3 rings (SSSR count). The molecule has 0 bridgehead atoms. The highest BCUT2D eigenvalue weighted by Gasteiger charge is 2.30. The van der Waals surface area contributed by atoms with E-state index >= 15 is 0 Å². The van der Waals surface area contributed by atoms with Gasteiger partial charge in [0.05, 0.1) is 13.2 Å². The predicted molar refractivity (Wildman–Crippen MR) is 83.5 cm³/mol. The lowest BCUT2D eigenvalue weighted by Gasteiger charge is -2.35. The Morgan fingerprint density at radius 2 is 1.91 bits per heavy atom. The second-order valence-corrected chi connectivity index (χ2v) is 6.19. The first kappa shape index (κ1) is 15.4. The lowest BCUT2D eigenvalue weighted by Crippen LogP contribution is -2.45. The number of halogens is 2. The molecule has 1 aromatic carbocycles. The molecule has 0 unspecified atom stereocenters. The molecule has 1 aliphatic heterocycles. The van der Waals surface area contributed by atoms with Crippen LogP contribution in [0.2, 0.25) is 0 Å². The smallest absolute Gasteiger partial charge is 0.134 e. The van der Waals surface area contributed by atoms with Crippen LogP contribution in [0.4, 0.5) is 8.78 Å². The van der Waals surface area contributed by atoms with Crippen LogP contribution in [0.15, 0.2) is 29.6 Å². The molecule has 22 heavy (non-hydrogen) atoms. The summed E-state index contributed by atoms with van der Waals surface area (Å²) >= 11 is 1.52. The van der Waals surface area contributed by atoms with Gasteiger partial charge in [0.2, 0.25) is 0 Å². The van der Waals surface area contributed by atoms with Crippen molar-refractivity contribution < 1.29 is 13.5 Å². The van der Waals surface area contributed by atoms with Gasteiger partial charge >= 0.3 is 0 Å². The highest BCUT2D eigenvalue weighted by atomic mass is 32.1. The Bertz CT molecular complexity index is 604. The molecule has 2 heterocycles. The molecule has 3 nitrogen and oxygen atoms in total. The lowest BCUT2D eigenvalue weighted by molar-refractivity contribution is 0.194. The summed E-state index contributed by atoms with van der Waals surface area (Å²) in [5.74, 6) is -0.924. The van der Waals surface area contributed by atoms with Gasteiger partial charge in [-0.05, 0) is 11.4 Å². The highest BCUT2D eigenvalue weighted by molar-refractivity contribution is 7.10. The van der Waals surface area contributed by atoms with Crippen LogP contribution >= 0.6 is 11.3 Å². The van der Waals surface area contributed by atoms with Crippen LogP contribution in [0.1, 0.15) is 16.5 Å². The maximum atomic E-state index is 14.5. The molecule has 1 fully saturated rings. The van der Waals surface area contributed by atoms with Crippen molar-refractivity contribution in [2.75, 3.05) is 33.3 Å². The Labute approximate surface area is 132 Å².